The maximum absolute atomic E-state index is 13.3. The zero-order valence-electron chi connectivity index (χ0n) is 14.9. The summed E-state index contributed by atoms with van der Waals surface area (Å²) in [6.45, 7) is 3.22. The minimum atomic E-state index is -3.58. The van der Waals surface area contributed by atoms with Crippen molar-refractivity contribution in [1.82, 2.24) is 0 Å². The van der Waals surface area contributed by atoms with Crippen LogP contribution in [-0.4, -0.2) is 14.7 Å². The Labute approximate surface area is 156 Å². The summed E-state index contributed by atoms with van der Waals surface area (Å²) >= 11 is 0. The van der Waals surface area contributed by atoms with E-state index in [1.807, 2.05) is 0 Å². The van der Waals surface area contributed by atoms with E-state index in [0.717, 1.165) is 6.26 Å². The summed E-state index contributed by atoms with van der Waals surface area (Å²) in [7, 11) is -3.58. The smallest absolute Gasteiger partial charge is 0.228 e. The molecule has 0 aliphatic rings. The van der Waals surface area contributed by atoms with Crippen LogP contribution < -0.4 is 10.2 Å². The lowest BCUT2D eigenvalue weighted by atomic mass is 10.1. The van der Waals surface area contributed by atoms with E-state index in [9.17, 15) is 17.6 Å². The first kappa shape index (κ1) is 18.8. The molecule has 27 heavy (non-hydrogen) atoms. The molecule has 0 aliphatic carbocycles. The van der Waals surface area contributed by atoms with Crippen molar-refractivity contribution in [2.24, 2.45) is 0 Å². The van der Waals surface area contributed by atoms with E-state index in [4.69, 9.17) is 9.15 Å². The Morgan fingerprint density at radius 1 is 1.04 bits per heavy atom. The molecule has 0 unspecified atom stereocenters. The standard InChI is InChI=1S/C20H17FO5S/c1-12-10-14(21)8-9-17(12)26-20-16(22)11-13(2)25-19(20)15-6-4-5-7-18(15)27(3,23)24/h4-11H,1-3H3. The van der Waals surface area contributed by atoms with Crippen LogP contribution in [-0.2, 0) is 9.84 Å². The Morgan fingerprint density at radius 3 is 2.41 bits per heavy atom. The van der Waals surface area contributed by atoms with Crippen LogP contribution in [0.2, 0.25) is 0 Å². The number of benzene rings is 2. The van der Waals surface area contributed by atoms with Crippen molar-refractivity contribution in [2.75, 3.05) is 6.26 Å². The van der Waals surface area contributed by atoms with Crippen molar-refractivity contribution in [3.63, 3.8) is 0 Å². The molecular weight excluding hydrogens is 371 g/mol. The highest BCUT2D eigenvalue weighted by Crippen LogP contribution is 2.36. The van der Waals surface area contributed by atoms with Gasteiger partial charge in [0.25, 0.3) is 0 Å². The number of rotatable bonds is 4. The second-order valence-electron chi connectivity index (χ2n) is 6.16. The summed E-state index contributed by atoms with van der Waals surface area (Å²) in [6, 6.07) is 11.3. The SMILES string of the molecule is Cc1cc(=O)c(Oc2ccc(F)cc2C)c(-c2ccccc2S(C)(=O)=O)o1. The van der Waals surface area contributed by atoms with Gasteiger partial charge in [-0.05, 0) is 49.7 Å². The Morgan fingerprint density at radius 2 is 1.74 bits per heavy atom. The highest BCUT2D eigenvalue weighted by atomic mass is 32.2. The molecule has 3 rings (SSSR count). The average molecular weight is 388 g/mol. The lowest BCUT2D eigenvalue weighted by Gasteiger charge is -2.14. The van der Waals surface area contributed by atoms with Gasteiger partial charge in [-0.15, -0.1) is 0 Å². The molecule has 1 aromatic heterocycles. The lowest BCUT2D eigenvalue weighted by molar-refractivity contribution is 0.434. The molecule has 0 saturated carbocycles. The van der Waals surface area contributed by atoms with E-state index in [1.54, 1.807) is 32.0 Å². The first-order valence-corrected chi connectivity index (χ1v) is 9.94. The van der Waals surface area contributed by atoms with Crippen LogP contribution in [0.15, 0.2) is 62.6 Å². The second-order valence-corrected chi connectivity index (χ2v) is 8.14. The molecule has 0 fully saturated rings. The number of hydrogen-bond donors (Lipinski definition) is 0. The van der Waals surface area contributed by atoms with E-state index in [0.29, 0.717) is 11.3 Å². The van der Waals surface area contributed by atoms with E-state index < -0.39 is 21.1 Å². The Kier molecular flexibility index (Phi) is 4.89. The first-order valence-electron chi connectivity index (χ1n) is 8.05. The van der Waals surface area contributed by atoms with Gasteiger partial charge in [0.1, 0.15) is 17.3 Å². The molecule has 0 amide bonds. The molecule has 2 aromatic carbocycles. The zero-order valence-corrected chi connectivity index (χ0v) is 15.8. The van der Waals surface area contributed by atoms with Gasteiger partial charge in [-0.25, -0.2) is 12.8 Å². The molecule has 0 spiro atoms. The Hall–Kier alpha value is -2.93. The van der Waals surface area contributed by atoms with Crippen LogP contribution in [0.5, 0.6) is 11.5 Å². The van der Waals surface area contributed by atoms with Gasteiger partial charge in [0.2, 0.25) is 11.2 Å². The maximum atomic E-state index is 13.3. The van der Waals surface area contributed by atoms with Gasteiger partial charge >= 0.3 is 0 Å². The van der Waals surface area contributed by atoms with Crippen LogP contribution in [0.4, 0.5) is 4.39 Å². The van der Waals surface area contributed by atoms with Crippen LogP contribution >= 0.6 is 0 Å². The molecule has 0 aliphatic heterocycles. The van der Waals surface area contributed by atoms with Gasteiger partial charge in [0, 0.05) is 17.9 Å². The fourth-order valence-corrected chi connectivity index (χ4v) is 3.57. The van der Waals surface area contributed by atoms with Crippen LogP contribution in [0.25, 0.3) is 11.3 Å². The maximum Gasteiger partial charge on any atom is 0.228 e. The number of hydrogen-bond acceptors (Lipinski definition) is 5. The molecule has 7 heteroatoms. The predicted octanol–water partition coefficient (Wildman–Crippen LogP) is 4.26. The molecular formula is C20H17FO5S. The topological polar surface area (TPSA) is 73.6 Å². The summed E-state index contributed by atoms with van der Waals surface area (Å²) in [5.74, 6) is -0.0123. The van der Waals surface area contributed by atoms with Gasteiger partial charge in [-0.2, -0.15) is 0 Å². The third-order valence-electron chi connectivity index (χ3n) is 3.91. The van der Waals surface area contributed by atoms with Crippen molar-refractivity contribution in [1.29, 1.82) is 0 Å². The molecule has 140 valence electrons. The molecule has 0 atom stereocenters. The molecule has 3 aromatic rings. The van der Waals surface area contributed by atoms with E-state index in [-0.39, 0.29) is 27.7 Å². The average Bonchev–Trinajstić information content (AvgIpc) is 2.58. The fraction of sp³-hybridized carbons (Fsp3) is 0.150. The molecule has 5 nitrogen and oxygen atoms in total. The fourth-order valence-electron chi connectivity index (χ4n) is 2.69. The molecule has 0 N–H and O–H groups in total. The van der Waals surface area contributed by atoms with Crippen molar-refractivity contribution in [3.05, 3.63) is 75.9 Å². The Balaban J connectivity index is 2.26. The second kappa shape index (κ2) is 7.00. The summed E-state index contributed by atoms with van der Waals surface area (Å²) in [6.07, 6.45) is 1.07. The highest BCUT2D eigenvalue weighted by molar-refractivity contribution is 7.90. The largest absolute Gasteiger partial charge is 0.457 e. The van der Waals surface area contributed by atoms with E-state index in [2.05, 4.69) is 0 Å². The van der Waals surface area contributed by atoms with E-state index in [1.165, 1.54) is 30.3 Å². The molecule has 1 heterocycles. The number of aryl methyl sites for hydroxylation is 2. The summed E-state index contributed by atoms with van der Waals surface area (Å²) in [4.78, 5) is 12.6. The minimum Gasteiger partial charge on any atom is -0.457 e. The van der Waals surface area contributed by atoms with Crippen molar-refractivity contribution >= 4 is 9.84 Å². The Bertz CT molecular complexity index is 1180. The molecule has 0 bridgehead atoms. The van der Waals surface area contributed by atoms with Gasteiger partial charge in [0.05, 0.1) is 4.90 Å². The monoisotopic (exact) mass is 388 g/mol. The summed E-state index contributed by atoms with van der Waals surface area (Å²) < 4.78 is 49.1. The third-order valence-corrected chi connectivity index (χ3v) is 5.06. The van der Waals surface area contributed by atoms with Crippen LogP contribution in [0, 0.1) is 19.7 Å². The minimum absolute atomic E-state index is 0.00440. The van der Waals surface area contributed by atoms with Gasteiger partial charge in [0.15, 0.2) is 15.6 Å². The highest BCUT2D eigenvalue weighted by Gasteiger charge is 2.22. The van der Waals surface area contributed by atoms with Gasteiger partial charge in [-0.1, -0.05) is 12.1 Å². The van der Waals surface area contributed by atoms with Crippen LogP contribution in [0.3, 0.4) is 0 Å². The predicted molar refractivity (Wildman–Crippen MR) is 99.5 cm³/mol. The van der Waals surface area contributed by atoms with Gasteiger partial charge in [-0.3, -0.25) is 4.79 Å². The summed E-state index contributed by atoms with van der Waals surface area (Å²) in [5.41, 5.74) is 0.230. The van der Waals surface area contributed by atoms with Crippen LogP contribution in [0.1, 0.15) is 11.3 Å². The number of ether oxygens (including phenoxy) is 1. The number of sulfone groups is 1. The third kappa shape index (κ3) is 3.93. The van der Waals surface area contributed by atoms with Gasteiger partial charge < -0.3 is 9.15 Å². The lowest BCUT2D eigenvalue weighted by Crippen LogP contribution is -2.08. The molecule has 0 radical (unpaired) electrons. The number of halogens is 1. The van der Waals surface area contributed by atoms with Crippen molar-refractivity contribution < 1.29 is 22.0 Å². The zero-order chi connectivity index (χ0) is 19.8. The quantitative estimate of drug-likeness (QED) is 0.668. The normalized spacial score (nSPS) is 11.4. The van der Waals surface area contributed by atoms with Crippen molar-refractivity contribution in [2.45, 2.75) is 18.7 Å². The van der Waals surface area contributed by atoms with E-state index >= 15 is 0 Å². The summed E-state index contributed by atoms with van der Waals surface area (Å²) in [5, 5.41) is 0. The molecule has 0 saturated heterocycles. The first-order chi connectivity index (χ1) is 12.7. The van der Waals surface area contributed by atoms with Crippen molar-refractivity contribution in [3.8, 4) is 22.8 Å².